The summed E-state index contributed by atoms with van der Waals surface area (Å²) in [5.74, 6) is 0.865. The summed E-state index contributed by atoms with van der Waals surface area (Å²) in [6.45, 7) is 0.658. The molecule has 0 unspecified atom stereocenters. The van der Waals surface area contributed by atoms with Gasteiger partial charge in [-0.3, -0.25) is 0 Å². The average molecular weight is 243 g/mol. The lowest BCUT2D eigenvalue weighted by Crippen LogP contribution is -2.11. The highest BCUT2D eigenvalue weighted by molar-refractivity contribution is 9.09. The van der Waals surface area contributed by atoms with E-state index in [2.05, 4.69) is 28.1 Å². The molecule has 0 aromatic heterocycles. The first kappa shape index (κ1) is 9.03. The topological polar surface area (TPSA) is 18.5 Å². The Kier molecular flexibility index (Phi) is 2.86. The van der Waals surface area contributed by atoms with Gasteiger partial charge in [0.2, 0.25) is 0 Å². The maximum atomic E-state index is 5.04. The Hall–Kier alpha value is -0.540. The Morgan fingerprint density at radius 3 is 3.15 bits per heavy atom. The van der Waals surface area contributed by atoms with Gasteiger partial charge in [0.1, 0.15) is 0 Å². The molecule has 1 aliphatic rings. The number of hydrogen-bond donors (Lipinski definition) is 0. The largest absolute Gasteiger partial charge is 0.337 e. The van der Waals surface area contributed by atoms with Crippen LogP contribution in [-0.4, -0.2) is 11.9 Å². The zero-order valence-corrected chi connectivity index (χ0v) is 8.84. The highest BCUT2D eigenvalue weighted by atomic mass is 79.9. The highest BCUT2D eigenvalue weighted by Gasteiger charge is 2.11. The van der Waals surface area contributed by atoms with E-state index in [-0.39, 0.29) is 0 Å². The molecule has 0 saturated carbocycles. The van der Waals surface area contributed by atoms with Crippen molar-refractivity contribution < 1.29 is 9.78 Å². The first-order valence-electron chi connectivity index (χ1n) is 4.37. The molecule has 70 valence electrons. The van der Waals surface area contributed by atoms with Gasteiger partial charge in [-0.15, -0.1) is 0 Å². The molecule has 1 heterocycles. The van der Waals surface area contributed by atoms with Gasteiger partial charge in [-0.25, -0.2) is 0 Å². The number of aryl methyl sites for hydroxylation is 1. The molecule has 1 aliphatic heterocycles. The number of alkyl halides is 1. The van der Waals surface area contributed by atoms with E-state index in [1.807, 2.05) is 6.07 Å². The molecule has 2 rings (SSSR count). The molecule has 0 spiro atoms. The molecule has 0 atom stereocenters. The van der Waals surface area contributed by atoms with E-state index < -0.39 is 0 Å². The van der Waals surface area contributed by atoms with Gasteiger partial charge in [0.25, 0.3) is 0 Å². The fourth-order valence-electron chi connectivity index (χ4n) is 1.43. The molecule has 0 radical (unpaired) electrons. The second kappa shape index (κ2) is 4.11. The molecule has 0 bridgehead atoms. The Bertz CT molecular complexity index is 299. The van der Waals surface area contributed by atoms with Gasteiger partial charge in [-0.1, -0.05) is 28.1 Å². The first-order valence-corrected chi connectivity index (χ1v) is 5.49. The standard InChI is InChI=1S/C10H11BrO2/c11-5-3-8-1-2-10-9(7-8)4-6-12-13-10/h1-2,7H,3-6H2. The van der Waals surface area contributed by atoms with Crippen LogP contribution in [0.3, 0.4) is 0 Å². The Labute approximate surface area is 85.9 Å². The number of halogens is 1. The molecule has 2 nitrogen and oxygen atoms in total. The summed E-state index contributed by atoms with van der Waals surface area (Å²) in [4.78, 5) is 9.93. The zero-order valence-electron chi connectivity index (χ0n) is 7.25. The van der Waals surface area contributed by atoms with Crippen LogP contribution in [0.2, 0.25) is 0 Å². The normalized spacial score (nSPS) is 14.8. The lowest BCUT2D eigenvalue weighted by atomic mass is 10.1. The van der Waals surface area contributed by atoms with Gasteiger partial charge in [0, 0.05) is 17.3 Å². The summed E-state index contributed by atoms with van der Waals surface area (Å²) in [5, 5.41) is 1.00. The molecule has 0 aliphatic carbocycles. The molecular weight excluding hydrogens is 232 g/mol. The van der Waals surface area contributed by atoms with Crippen molar-refractivity contribution in [2.45, 2.75) is 12.8 Å². The van der Waals surface area contributed by atoms with E-state index in [1.165, 1.54) is 11.1 Å². The zero-order chi connectivity index (χ0) is 9.10. The minimum absolute atomic E-state index is 0.658. The van der Waals surface area contributed by atoms with Gasteiger partial charge < -0.3 is 4.89 Å². The van der Waals surface area contributed by atoms with Crippen molar-refractivity contribution in [3.8, 4) is 5.75 Å². The predicted molar refractivity (Wildman–Crippen MR) is 54.2 cm³/mol. The van der Waals surface area contributed by atoms with Crippen LogP contribution >= 0.6 is 15.9 Å². The van der Waals surface area contributed by atoms with Crippen LogP contribution in [0.5, 0.6) is 5.75 Å². The van der Waals surface area contributed by atoms with Gasteiger partial charge >= 0.3 is 0 Å². The third kappa shape index (κ3) is 2.03. The molecule has 0 fully saturated rings. The molecule has 1 aromatic carbocycles. The van der Waals surface area contributed by atoms with Crippen LogP contribution in [0.4, 0.5) is 0 Å². The smallest absolute Gasteiger partial charge is 0.168 e. The lowest BCUT2D eigenvalue weighted by molar-refractivity contribution is -0.215. The number of fused-ring (bicyclic) bond motifs is 1. The summed E-state index contributed by atoms with van der Waals surface area (Å²) >= 11 is 3.43. The Balaban J connectivity index is 2.24. The minimum atomic E-state index is 0.658. The van der Waals surface area contributed by atoms with Crippen molar-refractivity contribution in [3.63, 3.8) is 0 Å². The summed E-state index contributed by atoms with van der Waals surface area (Å²) in [5.41, 5.74) is 2.60. The quantitative estimate of drug-likeness (QED) is 0.586. The monoisotopic (exact) mass is 242 g/mol. The van der Waals surface area contributed by atoms with Crippen molar-refractivity contribution in [3.05, 3.63) is 29.3 Å². The second-order valence-electron chi connectivity index (χ2n) is 3.04. The fourth-order valence-corrected chi connectivity index (χ4v) is 1.89. The van der Waals surface area contributed by atoms with E-state index in [4.69, 9.17) is 9.78 Å². The summed E-state index contributed by atoms with van der Waals surface area (Å²) < 4.78 is 0. The van der Waals surface area contributed by atoms with Crippen LogP contribution in [0, 0.1) is 0 Å². The van der Waals surface area contributed by atoms with E-state index in [0.717, 1.165) is 23.9 Å². The minimum Gasteiger partial charge on any atom is -0.337 e. The number of rotatable bonds is 2. The summed E-state index contributed by atoms with van der Waals surface area (Å²) in [6.07, 6.45) is 2.01. The van der Waals surface area contributed by atoms with Gasteiger partial charge in [0.05, 0.1) is 6.61 Å². The van der Waals surface area contributed by atoms with Gasteiger partial charge in [-0.05, 0) is 18.1 Å². The van der Waals surface area contributed by atoms with Crippen LogP contribution in [0.25, 0.3) is 0 Å². The van der Waals surface area contributed by atoms with Crippen molar-refractivity contribution in [1.29, 1.82) is 0 Å². The Morgan fingerprint density at radius 1 is 1.38 bits per heavy atom. The summed E-state index contributed by atoms with van der Waals surface area (Å²) in [6, 6.07) is 6.25. The maximum absolute atomic E-state index is 5.04. The van der Waals surface area contributed by atoms with Gasteiger partial charge in [0.15, 0.2) is 5.75 Å². The third-order valence-electron chi connectivity index (χ3n) is 2.11. The second-order valence-corrected chi connectivity index (χ2v) is 3.83. The van der Waals surface area contributed by atoms with Crippen LogP contribution in [-0.2, 0) is 17.7 Å². The third-order valence-corrected chi connectivity index (χ3v) is 2.51. The molecule has 0 N–H and O–H groups in total. The van der Waals surface area contributed by atoms with Crippen molar-refractivity contribution in [2.75, 3.05) is 11.9 Å². The van der Waals surface area contributed by atoms with Crippen LogP contribution in [0.1, 0.15) is 11.1 Å². The molecule has 3 heteroatoms. The summed E-state index contributed by atoms with van der Waals surface area (Å²) in [7, 11) is 0. The molecule has 1 aromatic rings. The van der Waals surface area contributed by atoms with Crippen LogP contribution < -0.4 is 4.89 Å². The lowest BCUT2D eigenvalue weighted by Gasteiger charge is -2.15. The predicted octanol–water partition coefficient (Wildman–Crippen LogP) is 2.49. The fraction of sp³-hybridized carbons (Fsp3) is 0.400. The molecule has 0 saturated heterocycles. The maximum Gasteiger partial charge on any atom is 0.168 e. The molecule has 13 heavy (non-hydrogen) atoms. The van der Waals surface area contributed by atoms with Crippen LogP contribution in [0.15, 0.2) is 18.2 Å². The number of hydrogen-bond acceptors (Lipinski definition) is 2. The van der Waals surface area contributed by atoms with E-state index in [0.29, 0.717) is 6.61 Å². The van der Waals surface area contributed by atoms with E-state index >= 15 is 0 Å². The SMILES string of the molecule is BrCCc1ccc2c(c1)CCOO2. The van der Waals surface area contributed by atoms with Crippen molar-refractivity contribution in [2.24, 2.45) is 0 Å². The number of benzene rings is 1. The average Bonchev–Trinajstić information content (AvgIpc) is 2.18. The Morgan fingerprint density at radius 2 is 2.31 bits per heavy atom. The van der Waals surface area contributed by atoms with E-state index in [1.54, 1.807) is 0 Å². The molecular formula is C10H11BrO2. The van der Waals surface area contributed by atoms with Crippen molar-refractivity contribution >= 4 is 15.9 Å². The highest BCUT2D eigenvalue weighted by Crippen LogP contribution is 2.24. The van der Waals surface area contributed by atoms with E-state index in [9.17, 15) is 0 Å². The van der Waals surface area contributed by atoms with Gasteiger partial charge in [-0.2, -0.15) is 4.89 Å². The van der Waals surface area contributed by atoms with Crippen molar-refractivity contribution in [1.82, 2.24) is 0 Å². The first-order chi connectivity index (χ1) is 6.40. The molecule has 0 amide bonds.